The van der Waals surface area contributed by atoms with Crippen molar-refractivity contribution in [2.24, 2.45) is 0 Å². The van der Waals surface area contributed by atoms with Gasteiger partial charge in [-0.3, -0.25) is 0 Å². The normalized spacial score (nSPS) is 11.0. The van der Waals surface area contributed by atoms with E-state index in [1.807, 2.05) is 50.2 Å². The van der Waals surface area contributed by atoms with E-state index in [9.17, 15) is 5.11 Å². The van der Waals surface area contributed by atoms with Crippen LogP contribution in [0.4, 0.5) is 0 Å². The molecule has 0 unspecified atom stereocenters. The number of imidazole rings is 1. The van der Waals surface area contributed by atoms with Crippen LogP contribution in [-0.4, -0.2) is 15.1 Å². The minimum atomic E-state index is 0.279. The average molecular weight is 238 g/mol. The van der Waals surface area contributed by atoms with Crippen molar-refractivity contribution in [1.29, 1.82) is 0 Å². The summed E-state index contributed by atoms with van der Waals surface area (Å²) in [5.74, 6) is 0.995. The molecule has 90 valence electrons. The number of aromatic amines is 1. The molecule has 0 aliphatic heterocycles. The quantitative estimate of drug-likeness (QED) is 0.681. The molecule has 3 heteroatoms. The lowest BCUT2D eigenvalue weighted by molar-refractivity contribution is 0.483. The maximum Gasteiger partial charge on any atom is 0.141 e. The van der Waals surface area contributed by atoms with E-state index in [1.54, 1.807) is 0 Å². The maximum atomic E-state index is 10.3. The molecule has 18 heavy (non-hydrogen) atoms. The monoisotopic (exact) mass is 238 g/mol. The molecule has 3 nitrogen and oxygen atoms in total. The third-order valence-corrected chi connectivity index (χ3v) is 3.28. The Morgan fingerprint density at radius 2 is 1.83 bits per heavy atom. The third-order valence-electron chi connectivity index (χ3n) is 3.28. The summed E-state index contributed by atoms with van der Waals surface area (Å²) in [7, 11) is 0. The van der Waals surface area contributed by atoms with Crippen LogP contribution in [0.5, 0.6) is 5.75 Å². The van der Waals surface area contributed by atoms with Gasteiger partial charge in [-0.05, 0) is 25.3 Å². The molecular formula is C15H14N2O. The number of phenolic OH excluding ortho intramolecular Hbond substituents is 1. The SMILES string of the molecule is Cc1nc(-c2ccc3ccccc3c2O)[nH]c1C. The number of rotatable bonds is 1. The van der Waals surface area contributed by atoms with Crippen molar-refractivity contribution < 1.29 is 5.11 Å². The predicted octanol–water partition coefficient (Wildman–Crippen LogP) is 3.55. The lowest BCUT2D eigenvalue weighted by atomic mass is 10.1. The third kappa shape index (κ3) is 1.56. The van der Waals surface area contributed by atoms with Crippen LogP contribution in [0.1, 0.15) is 11.4 Å². The van der Waals surface area contributed by atoms with Crippen LogP contribution < -0.4 is 0 Å². The van der Waals surface area contributed by atoms with E-state index in [0.29, 0.717) is 5.82 Å². The molecule has 0 atom stereocenters. The number of hydrogen-bond acceptors (Lipinski definition) is 2. The number of aryl methyl sites for hydroxylation is 2. The number of aromatic hydroxyl groups is 1. The minimum Gasteiger partial charge on any atom is -0.507 e. The predicted molar refractivity (Wildman–Crippen MR) is 72.7 cm³/mol. The highest BCUT2D eigenvalue weighted by Gasteiger charge is 2.11. The zero-order chi connectivity index (χ0) is 12.7. The molecule has 3 aromatic rings. The van der Waals surface area contributed by atoms with Crippen molar-refractivity contribution in [3.8, 4) is 17.1 Å². The molecule has 0 saturated carbocycles. The summed E-state index contributed by atoms with van der Waals surface area (Å²) in [6, 6.07) is 11.7. The van der Waals surface area contributed by atoms with Gasteiger partial charge in [-0.15, -0.1) is 0 Å². The minimum absolute atomic E-state index is 0.279. The van der Waals surface area contributed by atoms with Crippen molar-refractivity contribution in [2.75, 3.05) is 0 Å². The van der Waals surface area contributed by atoms with Crippen molar-refractivity contribution >= 4 is 10.8 Å². The molecule has 1 heterocycles. The zero-order valence-electron chi connectivity index (χ0n) is 10.4. The number of H-pyrrole nitrogens is 1. The van der Waals surface area contributed by atoms with Crippen molar-refractivity contribution in [2.45, 2.75) is 13.8 Å². The second-order valence-electron chi connectivity index (χ2n) is 4.48. The molecule has 3 rings (SSSR count). The van der Waals surface area contributed by atoms with Crippen LogP contribution in [0.3, 0.4) is 0 Å². The van der Waals surface area contributed by atoms with Crippen LogP contribution in [0.2, 0.25) is 0 Å². The average Bonchev–Trinajstić information content (AvgIpc) is 2.70. The molecule has 0 saturated heterocycles. The summed E-state index contributed by atoms with van der Waals surface area (Å²) >= 11 is 0. The number of aromatic nitrogens is 2. The summed E-state index contributed by atoms with van der Waals surface area (Å²) < 4.78 is 0. The summed E-state index contributed by atoms with van der Waals surface area (Å²) in [6.07, 6.45) is 0. The van der Waals surface area contributed by atoms with Gasteiger partial charge in [0.2, 0.25) is 0 Å². The molecule has 2 N–H and O–H groups in total. The molecular weight excluding hydrogens is 224 g/mol. The summed E-state index contributed by atoms with van der Waals surface area (Å²) in [5.41, 5.74) is 2.72. The second kappa shape index (κ2) is 3.88. The smallest absolute Gasteiger partial charge is 0.141 e. The zero-order valence-corrected chi connectivity index (χ0v) is 10.4. The van der Waals surface area contributed by atoms with Gasteiger partial charge in [0, 0.05) is 11.1 Å². The molecule has 0 amide bonds. The molecule has 0 aliphatic rings. The number of fused-ring (bicyclic) bond motifs is 1. The van der Waals surface area contributed by atoms with Gasteiger partial charge >= 0.3 is 0 Å². The Bertz CT molecular complexity index is 709. The van der Waals surface area contributed by atoms with Gasteiger partial charge in [0.1, 0.15) is 11.6 Å². The lowest BCUT2D eigenvalue weighted by Gasteiger charge is -2.05. The largest absolute Gasteiger partial charge is 0.507 e. The Morgan fingerprint density at radius 1 is 1.06 bits per heavy atom. The van der Waals surface area contributed by atoms with Gasteiger partial charge in [-0.2, -0.15) is 0 Å². The standard InChI is InChI=1S/C15H14N2O/c1-9-10(2)17-15(16-9)13-8-7-11-5-3-4-6-12(11)14(13)18/h3-8,18H,1-2H3,(H,16,17). The van der Waals surface area contributed by atoms with E-state index in [2.05, 4.69) is 9.97 Å². The van der Waals surface area contributed by atoms with E-state index in [4.69, 9.17) is 0 Å². The van der Waals surface area contributed by atoms with E-state index in [1.165, 1.54) is 0 Å². The van der Waals surface area contributed by atoms with Gasteiger partial charge in [-0.1, -0.05) is 30.3 Å². The van der Waals surface area contributed by atoms with Crippen molar-refractivity contribution in [3.05, 3.63) is 47.8 Å². The van der Waals surface area contributed by atoms with Crippen LogP contribution >= 0.6 is 0 Å². The van der Waals surface area contributed by atoms with Crippen LogP contribution in [-0.2, 0) is 0 Å². The molecule has 0 fully saturated rings. The van der Waals surface area contributed by atoms with Crippen LogP contribution in [0.25, 0.3) is 22.2 Å². The maximum absolute atomic E-state index is 10.3. The van der Waals surface area contributed by atoms with Crippen molar-refractivity contribution in [3.63, 3.8) is 0 Å². The number of nitrogens with one attached hydrogen (secondary N) is 1. The van der Waals surface area contributed by atoms with Crippen LogP contribution in [0, 0.1) is 13.8 Å². The van der Waals surface area contributed by atoms with Crippen molar-refractivity contribution in [1.82, 2.24) is 9.97 Å². The van der Waals surface area contributed by atoms with Gasteiger partial charge < -0.3 is 10.1 Å². The van der Waals surface area contributed by atoms with Gasteiger partial charge in [0.05, 0.1) is 11.3 Å². The van der Waals surface area contributed by atoms with Gasteiger partial charge in [-0.25, -0.2) is 4.98 Å². The Labute approximate surface area is 105 Å². The first-order valence-corrected chi connectivity index (χ1v) is 5.91. The summed E-state index contributed by atoms with van der Waals surface area (Å²) in [6.45, 7) is 3.93. The van der Waals surface area contributed by atoms with Gasteiger partial charge in [0.25, 0.3) is 0 Å². The lowest BCUT2D eigenvalue weighted by Crippen LogP contribution is -1.84. The van der Waals surface area contributed by atoms with E-state index in [0.717, 1.165) is 27.7 Å². The number of benzene rings is 2. The molecule has 0 spiro atoms. The number of phenols is 1. The highest BCUT2D eigenvalue weighted by atomic mass is 16.3. The molecule has 2 aromatic carbocycles. The fourth-order valence-electron chi connectivity index (χ4n) is 2.12. The summed E-state index contributed by atoms with van der Waals surface area (Å²) in [4.78, 5) is 7.63. The second-order valence-corrected chi connectivity index (χ2v) is 4.48. The Morgan fingerprint density at radius 3 is 2.56 bits per heavy atom. The van der Waals surface area contributed by atoms with E-state index >= 15 is 0 Å². The van der Waals surface area contributed by atoms with Gasteiger partial charge in [0.15, 0.2) is 0 Å². The Balaban J connectivity index is 2.27. The van der Waals surface area contributed by atoms with Crippen LogP contribution in [0.15, 0.2) is 36.4 Å². The molecule has 0 bridgehead atoms. The van der Waals surface area contributed by atoms with E-state index in [-0.39, 0.29) is 5.75 Å². The topological polar surface area (TPSA) is 48.9 Å². The highest BCUT2D eigenvalue weighted by Crippen LogP contribution is 2.34. The molecule has 1 aromatic heterocycles. The molecule has 0 aliphatic carbocycles. The fourth-order valence-corrected chi connectivity index (χ4v) is 2.12. The number of hydrogen-bond donors (Lipinski definition) is 2. The Kier molecular flexibility index (Phi) is 2.33. The van der Waals surface area contributed by atoms with E-state index < -0.39 is 0 Å². The highest BCUT2D eigenvalue weighted by molar-refractivity contribution is 5.93. The number of nitrogens with zero attached hydrogens (tertiary/aromatic N) is 1. The first-order valence-electron chi connectivity index (χ1n) is 5.91. The Hall–Kier alpha value is -2.29. The fraction of sp³-hybridized carbons (Fsp3) is 0.133. The first-order chi connectivity index (χ1) is 8.66. The summed E-state index contributed by atoms with van der Waals surface area (Å²) in [5, 5.41) is 12.2. The molecule has 0 radical (unpaired) electrons. The first kappa shape index (κ1) is 10.8.